The van der Waals surface area contributed by atoms with Crippen LogP contribution in [0.25, 0.3) is 0 Å². The fourth-order valence-electron chi connectivity index (χ4n) is 2.46. The standard InChI is InChI=1S/C14H21N3O/c15-9-13-8-12(6-7-16-13)14(18)17-10-11-4-2-1-3-5-11/h6-8,11H,1-5,9-10,15H2,(H,17,18). The van der Waals surface area contributed by atoms with Crippen LogP contribution in [0.4, 0.5) is 0 Å². The summed E-state index contributed by atoms with van der Waals surface area (Å²) in [5.74, 6) is 0.635. The molecule has 18 heavy (non-hydrogen) atoms. The van der Waals surface area contributed by atoms with Crippen LogP contribution in [-0.4, -0.2) is 17.4 Å². The number of nitrogens with two attached hydrogens (primary N) is 1. The second-order valence-corrected chi connectivity index (χ2v) is 4.95. The van der Waals surface area contributed by atoms with Gasteiger partial charge in [0.2, 0.25) is 0 Å². The SMILES string of the molecule is NCc1cc(C(=O)NCC2CCCCC2)ccn1. The van der Waals surface area contributed by atoms with Crippen molar-refractivity contribution in [2.45, 2.75) is 38.6 Å². The van der Waals surface area contributed by atoms with Crippen LogP contribution in [0.1, 0.15) is 48.2 Å². The van der Waals surface area contributed by atoms with E-state index in [4.69, 9.17) is 5.73 Å². The van der Waals surface area contributed by atoms with E-state index in [1.807, 2.05) is 0 Å². The van der Waals surface area contributed by atoms with Crippen LogP contribution in [0.5, 0.6) is 0 Å². The fourth-order valence-corrected chi connectivity index (χ4v) is 2.46. The third kappa shape index (κ3) is 3.53. The summed E-state index contributed by atoms with van der Waals surface area (Å²) in [6.07, 6.45) is 8.06. The Bertz CT molecular complexity index is 400. The van der Waals surface area contributed by atoms with Crippen LogP contribution in [0.3, 0.4) is 0 Å². The first-order valence-electron chi connectivity index (χ1n) is 6.73. The number of rotatable bonds is 4. The molecule has 2 rings (SSSR count). The van der Waals surface area contributed by atoms with Gasteiger partial charge in [0, 0.05) is 24.8 Å². The van der Waals surface area contributed by atoms with Crippen LogP contribution in [0.15, 0.2) is 18.3 Å². The van der Waals surface area contributed by atoms with Gasteiger partial charge >= 0.3 is 0 Å². The number of aromatic nitrogens is 1. The predicted molar refractivity (Wildman–Crippen MR) is 71.0 cm³/mol. The molecule has 0 atom stereocenters. The van der Waals surface area contributed by atoms with E-state index in [2.05, 4.69) is 10.3 Å². The zero-order chi connectivity index (χ0) is 12.8. The topological polar surface area (TPSA) is 68.0 Å². The highest BCUT2D eigenvalue weighted by Crippen LogP contribution is 2.22. The molecule has 1 saturated carbocycles. The first-order chi connectivity index (χ1) is 8.79. The number of nitrogens with zero attached hydrogens (tertiary/aromatic N) is 1. The summed E-state index contributed by atoms with van der Waals surface area (Å²) in [7, 11) is 0. The normalized spacial score (nSPS) is 16.5. The van der Waals surface area contributed by atoms with Gasteiger partial charge in [-0.2, -0.15) is 0 Å². The summed E-state index contributed by atoms with van der Waals surface area (Å²) in [4.78, 5) is 16.1. The molecular weight excluding hydrogens is 226 g/mol. The molecule has 3 N–H and O–H groups in total. The molecule has 1 heterocycles. The Hall–Kier alpha value is -1.42. The Morgan fingerprint density at radius 3 is 2.89 bits per heavy atom. The van der Waals surface area contributed by atoms with Gasteiger partial charge in [-0.3, -0.25) is 9.78 Å². The molecule has 4 nitrogen and oxygen atoms in total. The number of pyridine rings is 1. The molecule has 0 aromatic carbocycles. The van der Waals surface area contributed by atoms with Crippen LogP contribution < -0.4 is 11.1 Å². The first-order valence-corrected chi connectivity index (χ1v) is 6.73. The van der Waals surface area contributed by atoms with Crippen molar-refractivity contribution in [3.05, 3.63) is 29.6 Å². The fraction of sp³-hybridized carbons (Fsp3) is 0.571. The van der Waals surface area contributed by atoms with Crippen molar-refractivity contribution >= 4 is 5.91 Å². The highest BCUT2D eigenvalue weighted by atomic mass is 16.1. The van der Waals surface area contributed by atoms with Crippen molar-refractivity contribution in [1.82, 2.24) is 10.3 Å². The predicted octanol–water partition coefficient (Wildman–Crippen LogP) is 1.85. The van der Waals surface area contributed by atoms with Gasteiger partial charge in [0.1, 0.15) is 0 Å². The maximum Gasteiger partial charge on any atom is 0.251 e. The summed E-state index contributed by atoms with van der Waals surface area (Å²) >= 11 is 0. The maximum absolute atomic E-state index is 12.0. The Morgan fingerprint density at radius 1 is 1.39 bits per heavy atom. The molecule has 0 saturated heterocycles. The van der Waals surface area contributed by atoms with Crippen molar-refractivity contribution in [3.63, 3.8) is 0 Å². The molecule has 1 aliphatic carbocycles. The number of amides is 1. The van der Waals surface area contributed by atoms with Gasteiger partial charge in [0.05, 0.1) is 5.69 Å². The average Bonchev–Trinajstić information content (AvgIpc) is 2.46. The Kier molecular flexibility index (Phi) is 4.70. The van der Waals surface area contributed by atoms with Gasteiger partial charge in [-0.1, -0.05) is 19.3 Å². The molecule has 1 amide bonds. The highest BCUT2D eigenvalue weighted by Gasteiger charge is 2.14. The van der Waals surface area contributed by atoms with E-state index >= 15 is 0 Å². The largest absolute Gasteiger partial charge is 0.352 e. The van der Waals surface area contributed by atoms with Crippen molar-refractivity contribution in [1.29, 1.82) is 0 Å². The number of carbonyl (C=O) groups excluding carboxylic acids is 1. The van der Waals surface area contributed by atoms with Crippen LogP contribution in [-0.2, 0) is 6.54 Å². The number of nitrogens with one attached hydrogen (secondary N) is 1. The molecule has 0 radical (unpaired) electrons. The highest BCUT2D eigenvalue weighted by molar-refractivity contribution is 5.94. The minimum absolute atomic E-state index is 0.0160. The van der Waals surface area contributed by atoms with Crippen molar-refractivity contribution < 1.29 is 4.79 Å². The lowest BCUT2D eigenvalue weighted by Crippen LogP contribution is -2.30. The lowest BCUT2D eigenvalue weighted by atomic mass is 9.89. The summed E-state index contributed by atoms with van der Waals surface area (Å²) in [6, 6.07) is 3.49. The van der Waals surface area contributed by atoms with E-state index in [9.17, 15) is 4.79 Å². The van der Waals surface area contributed by atoms with Crippen molar-refractivity contribution in [2.75, 3.05) is 6.54 Å². The van der Waals surface area contributed by atoms with Gasteiger partial charge in [-0.15, -0.1) is 0 Å². The summed E-state index contributed by atoms with van der Waals surface area (Å²) < 4.78 is 0. The van der Waals surface area contributed by atoms with Crippen LogP contribution in [0.2, 0.25) is 0 Å². The quantitative estimate of drug-likeness (QED) is 0.853. The Labute approximate surface area is 108 Å². The molecule has 0 spiro atoms. The van der Waals surface area contributed by atoms with Gasteiger partial charge < -0.3 is 11.1 Å². The average molecular weight is 247 g/mol. The van der Waals surface area contributed by atoms with Crippen molar-refractivity contribution in [3.8, 4) is 0 Å². The van der Waals surface area contributed by atoms with Gasteiger partial charge in [-0.05, 0) is 30.9 Å². The minimum atomic E-state index is -0.0160. The Balaban J connectivity index is 1.86. The molecule has 0 unspecified atom stereocenters. The van der Waals surface area contributed by atoms with E-state index in [-0.39, 0.29) is 5.91 Å². The van der Waals surface area contributed by atoms with Gasteiger partial charge in [0.25, 0.3) is 5.91 Å². The molecule has 0 aliphatic heterocycles. The third-order valence-corrected chi connectivity index (χ3v) is 3.56. The van der Waals surface area contributed by atoms with E-state index < -0.39 is 0 Å². The third-order valence-electron chi connectivity index (χ3n) is 3.56. The molecule has 1 fully saturated rings. The van der Waals surface area contributed by atoms with Gasteiger partial charge in [0.15, 0.2) is 0 Å². The zero-order valence-electron chi connectivity index (χ0n) is 10.7. The number of hydrogen-bond acceptors (Lipinski definition) is 3. The smallest absolute Gasteiger partial charge is 0.251 e. The molecule has 98 valence electrons. The summed E-state index contributed by atoms with van der Waals surface area (Å²) in [6.45, 7) is 1.16. The van der Waals surface area contributed by atoms with E-state index in [0.717, 1.165) is 12.2 Å². The molecular formula is C14H21N3O. The second kappa shape index (κ2) is 6.50. The lowest BCUT2D eigenvalue weighted by molar-refractivity contribution is 0.0943. The molecule has 0 bridgehead atoms. The van der Waals surface area contributed by atoms with Crippen LogP contribution >= 0.6 is 0 Å². The van der Waals surface area contributed by atoms with E-state index in [1.54, 1.807) is 18.3 Å². The second-order valence-electron chi connectivity index (χ2n) is 4.95. The monoisotopic (exact) mass is 247 g/mol. The zero-order valence-corrected chi connectivity index (χ0v) is 10.7. The molecule has 1 aliphatic rings. The summed E-state index contributed by atoms with van der Waals surface area (Å²) in [5, 5.41) is 3.01. The Morgan fingerprint density at radius 2 is 2.17 bits per heavy atom. The first kappa shape index (κ1) is 13.0. The summed E-state index contributed by atoms with van der Waals surface area (Å²) in [5.41, 5.74) is 6.92. The number of carbonyl (C=O) groups is 1. The molecule has 1 aromatic heterocycles. The minimum Gasteiger partial charge on any atom is -0.352 e. The van der Waals surface area contributed by atoms with Gasteiger partial charge in [-0.25, -0.2) is 0 Å². The number of hydrogen-bond donors (Lipinski definition) is 2. The van der Waals surface area contributed by atoms with Crippen LogP contribution in [0, 0.1) is 5.92 Å². The molecule has 1 aromatic rings. The lowest BCUT2D eigenvalue weighted by Gasteiger charge is -2.21. The maximum atomic E-state index is 12.0. The van der Waals surface area contributed by atoms with Crippen molar-refractivity contribution in [2.24, 2.45) is 11.7 Å². The molecule has 4 heteroatoms. The van der Waals surface area contributed by atoms with E-state index in [1.165, 1.54) is 32.1 Å². The van der Waals surface area contributed by atoms with E-state index in [0.29, 0.717) is 18.0 Å².